The highest BCUT2D eigenvalue weighted by Crippen LogP contribution is 2.19. The number of benzene rings is 1. The van der Waals surface area contributed by atoms with Crippen LogP contribution in [0.2, 0.25) is 0 Å². The molecular weight excluding hydrogens is 310 g/mol. The van der Waals surface area contributed by atoms with Crippen molar-refractivity contribution >= 4 is 28.9 Å². The molecule has 0 unspecified atom stereocenters. The van der Waals surface area contributed by atoms with Gasteiger partial charge in [0, 0.05) is 9.13 Å². The van der Waals surface area contributed by atoms with E-state index in [0.717, 1.165) is 0 Å². The fourth-order valence-electron chi connectivity index (χ4n) is 1.19. The number of aromatic nitrogens is 2. The highest BCUT2D eigenvalue weighted by Gasteiger charge is 2.05. The lowest BCUT2D eigenvalue weighted by Gasteiger charge is -1.98. The van der Waals surface area contributed by atoms with Gasteiger partial charge in [0.2, 0.25) is 0 Å². The molecule has 0 bridgehead atoms. The van der Waals surface area contributed by atoms with E-state index in [1.54, 1.807) is 12.1 Å². The van der Waals surface area contributed by atoms with Crippen molar-refractivity contribution in [2.75, 3.05) is 0 Å². The number of aromatic amines is 1. The fourth-order valence-corrected chi connectivity index (χ4v) is 1.52. The average molecular weight is 316 g/mol. The van der Waals surface area contributed by atoms with Crippen molar-refractivity contribution in [2.45, 2.75) is 0 Å². The zero-order valence-corrected chi connectivity index (χ0v) is 9.66. The Bertz CT molecular complexity index is 510. The maximum atomic E-state index is 13.2. The van der Waals surface area contributed by atoms with Gasteiger partial charge in [-0.25, -0.2) is 9.37 Å². The number of H-pyrrole nitrogens is 1. The van der Waals surface area contributed by atoms with Gasteiger partial charge in [-0.05, 0) is 34.7 Å². The minimum atomic E-state index is -0.294. The van der Waals surface area contributed by atoms with Gasteiger partial charge in [-0.2, -0.15) is 0 Å². The first-order chi connectivity index (χ1) is 7.20. The molecule has 1 aromatic heterocycles. The van der Waals surface area contributed by atoms with Crippen LogP contribution in [0.15, 0.2) is 24.4 Å². The summed E-state index contributed by atoms with van der Waals surface area (Å²) in [7, 11) is 0. The topological polar surface area (TPSA) is 45.8 Å². The molecule has 3 nitrogen and oxygen atoms in total. The first-order valence-electron chi connectivity index (χ1n) is 4.16. The van der Waals surface area contributed by atoms with Crippen LogP contribution in [0, 0.1) is 9.39 Å². The second-order valence-corrected chi connectivity index (χ2v) is 4.10. The van der Waals surface area contributed by atoms with Gasteiger partial charge in [0.05, 0.1) is 11.9 Å². The molecule has 0 saturated carbocycles. The highest BCUT2D eigenvalue weighted by atomic mass is 127. The van der Waals surface area contributed by atoms with Gasteiger partial charge in [-0.1, -0.05) is 6.07 Å². The lowest BCUT2D eigenvalue weighted by molar-refractivity contribution is 0.111. The summed E-state index contributed by atoms with van der Waals surface area (Å²) in [6, 6.07) is 4.79. The molecule has 1 N–H and O–H groups in total. The Kier molecular flexibility index (Phi) is 2.81. The van der Waals surface area contributed by atoms with Crippen molar-refractivity contribution in [3.8, 4) is 11.4 Å². The van der Waals surface area contributed by atoms with Gasteiger partial charge in [0.1, 0.15) is 11.6 Å². The van der Waals surface area contributed by atoms with E-state index in [0.29, 0.717) is 26.9 Å². The van der Waals surface area contributed by atoms with Crippen LogP contribution in [-0.2, 0) is 0 Å². The lowest BCUT2D eigenvalue weighted by atomic mass is 10.2. The number of nitrogens with one attached hydrogen (secondary N) is 1. The van der Waals surface area contributed by atoms with E-state index in [9.17, 15) is 9.18 Å². The summed E-state index contributed by atoms with van der Waals surface area (Å²) >= 11 is 1.91. The zero-order valence-electron chi connectivity index (χ0n) is 7.50. The van der Waals surface area contributed by atoms with Gasteiger partial charge in [-0.15, -0.1) is 0 Å². The number of nitrogens with zero attached hydrogens (tertiary/aromatic N) is 1. The molecule has 2 rings (SSSR count). The molecule has 0 amide bonds. The van der Waals surface area contributed by atoms with Gasteiger partial charge < -0.3 is 4.98 Å². The predicted octanol–water partition coefficient (Wildman–Crippen LogP) is 2.63. The minimum absolute atomic E-state index is 0.294. The number of carbonyl (C=O) groups excluding carboxylic acids is 1. The van der Waals surface area contributed by atoms with Gasteiger partial charge in [0.25, 0.3) is 0 Å². The minimum Gasteiger partial charge on any atom is -0.336 e. The van der Waals surface area contributed by atoms with Crippen LogP contribution in [-0.4, -0.2) is 16.3 Å². The summed E-state index contributed by atoms with van der Waals surface area (Å²) in [6.07, 6.45) is 2.08. The van der Waals surface area contributed by atoms with E-state index in [4.69, 9.17) is 0 Å². The van der Waals surface area contributed by atoms with Crippen molar-refractivity contribution in [2.24, 2.45) is 0 Å². The standard InChI is InChI=1S/C10H6FIN2O/c11-8-3-6(1-2-9(8)12)10-13-4-7(5-15)14-10/h1-5H,(H,13,14). The van der Waals surface area contributed by atoms with Crippen molar-refractivity contribution in [1.29, 1.82) is 0 Å². The molecule has 0 radical (unpaired) electrons. The van der Waals surface area contributed by atoms with Crippen LogP contribution < -0.4 is 0 Å². The Morgan fingerprint density at radius 2 is 2.27 bits per heavy atom. The summed E-state index contributed by atoms with van der Waals surface area (Å²) in [5, 5.41) is 0. The van der Waals surface area contributed by atoms with Crippen molar-refractivity contribution < 1.29 is 9.18 Å². The molecule has 1 aromatic carbocycles. The molecule has 1 heterocycles. The summed E-state index contributed by atoms with van der Waals surface area (Å²) < 4.78 is 13.8. The zero-order chi connectivity index (χ0) is 10.8. The van der Waals surface area contributed by atoms with Gasteiger partial charge >= 0.3 is 0 Å². The molecule has 15 heavy (non-hydrogen) atoms. The third kappa shape index (κ3) is 2.06. The maximum Gasteiger partial charge on any atom is 0.167 e. The van der Waals surface area contributed by atoms with Crippen LogP contribution >= 0.6 is 22.6 Å². The molecular formula is C10H6FIN2O. The normalized spacial score (nSPS) is 10.3. The van der Waals surface area contributed by atoms with Crippen LogP contribution in [0.25, 0.3) is 11.4 Å². The van der Waals surface area contributed by atoms with Crippen molar-refractivity contribution in [1.82, 2.24) is 9.97 Å². The second-order valence-electron chi connectivity index (χ2n) is 2.93. The van der Waals surface area contributed by atoms with E-state index >= 15 is 0 Å². The molecule has 0 saturated heterocycles. The number of aldehydes is 1. The van der Waals surface area contributed by atoms with Crippen molar-refractivity contribution in [3.05, 3.63) is 39.5 Å². The Labute approximate surface area is 98.9 Å². The van der Waals surface area contributed by atoms with Crippen LogP contribution in [0.3, 0.4) is 0 Å². The summed E-state index contributed by atoms with van der Waals surface area (Å²) in [4.78, 5) is 17.2. The van der Waals surface area contributed by atoms with Crippen LogP contribution in [0.5, 0.6) is 0 Å². The molecule has 76 valence electrons. The quantitative estimate of drug-likeness (QED) is 0.684. The smallest absolute Gasteiger partial charge is 0.167 e. The van der Waals surface area contributed by atoms with Crippen LogP contribution in [0.4, 0.5) is 4.39 Å². The Balaban J connectivity index is 2.44. The number of rotatable bonds is 2. The molecule has 0 aliphatic heterocycles. The molecule has 0 aliphatic rings. The number of imidazole rings is 1. The first-order valence-corrected chi connectivity index (χ1v) is 5.24. The summed E-state index contributed by atoms with van der Waals surface area (Å²) in [6.45, 7) is 0. The number of hydrogen-bond acceptors (Lipinski definition) is 2. The number of hydrogen-bond donors (Lipinski definition) is 1. The highest BCUT2D eigenvalue weighted by molar-refractivity contribution is 14.1. The van der Waals surface area contributed by atoms with E-state index in [1.165, 1.54) is 12.3 Å². The SMILES string of the molecule is O=Cc1cnc(-c2ccc(I)c(F)c2)[nH]1. The van der Waals surface area contributed by atoms with Crippen molar-refractivity contribution in [3.63, 3.8) is 0 Å². The van der Waals surface area contributed by atoms with E-state index < -0.39 is 0 Å². The Morgan fingerprint density at radius 3 is 2.87 bits per heavy atom. The number of halogens is 2. The monoisotopic (exact) mass is 316 g/mol. The van der Waals surface area contributed by atoms with Gasteiger partial charge in [-0.3, -0.25) is 4.79 Å². The maximum absolute atomic E-state index is 13.2. The average Bonchev–Trinajstić information content (AvgIpc) is 2.70. The fraction of sp³-hybridized carbons (Fsp3) is 0. The van der Waals surface area contributed by atoms with Crippen LogP contribution in [0.1, 0.15) is 10.5 Å². The second kappa shape index (κ2) is 4.09. The third-order valence-electron chi connectivity index (χ3n) is 1.92. The van der Waals surface area contributed by atoms with E-state index in [2.05, 4.69) is 9.97 Å². The Hall–Kier alpha value is -1.24. The largest absolute Gasteiger partial charge is 0.336 e. The molecule has 5 heteroatoms. The van der Waals surface area contributed by atoms with Gasteiger partial charge in [0.15, 0.2) is 6.29 Å². The summed E-state index contributed by atoms with van der Waals surface area (Å²) in [5.41, 5.74) is 1.00. The molecule has 0 atom stereocenters. The third-order valence-corrected chi connectivity index (χ3v) is 2.79. The Morgan fingerprint density at radius 1 is 1.47 bits per heavy atom. The van der Waals surface area contributed by atoms with E-state index in [-0.39, 0.29) is 5.82 Å². The lowest BCUT2D eigenvalue weighted by Crippen LogP contribution is -1.86. The molecule has 0 aliphatic carbocycles. The molecule has 0 fully saturated rings. The summed E-state index contributed by atoms with van der Waals surface area (Å²) in [5.74, 6) is 0.199. The van der Waals surface area contributed by atoms with E-state index in [1.807, 2.05) is 22.6 Å². The first kappa shape index (κ1) is 10.3. The molecule has 2 aromatic rings. The predicted molar refractivity (Wildman–Crippen MR) is 62.1 cm³/mol. The number of carbonyl (C=O) groups is 1. The molecule has 0 spiro atoms.